The Labute approximate surface area is 183 Å². The first-order chi connectivity index (χ1) is 14.6. The molecular weight excluding hydrogens is 431 g/mol. The molecule has 31 heavy (non-hydrogen) atoms. The molecule has 1 saturated heterocycles. The summed E-state index contributed by atoms with van der Waals surface area (Å²) in [6, 6.07) is 0.326. The maximum absolute atomic E-state index is 13.4. The average molecular weight is 458 g/mol. The van der Waals surface area contributed by atoms with Crippen molar-refractivity contribution in [2.24, 2.45) is 10.9 Å². The van der Waals surface area contributed by atoms with Crippen molar-refractivity contribution < 1.29 is 27.5 Å². The Morgan fingerprint density at radius 2 is 2.00 bits per heavy atom. The maximum Gasteiger partial charge on any atom is 0.413 e. The van der Waals surface area contributed by atoms with Crippen LogP contribution in [0.2, 0.25) is 0 Å². The quantitative estimate of drug-likeness (QED) is 0.704. The number of hydrogen-bond donors (Lipinski definition) is 1. The summed E-state index contributed by atoms with van der Waals surface area (Å²) >= 11 is 1.44. The van der Waals surface area contributed by atoms with E-state index in [-0.39, 0.29) is 5.71 Å². The molecule has 1 atom stereocenters. The van der Waals surface area contributed by atoms with Gasteiger partial charge < -0.3 is 15.0 Å². The molecule has 3 heterocycles. The molecule has 1 N–H and O–H groups in total. The zero-order valence-electron chi connectivity index (χ0n) is 17.7. The fourth-order valence-corrected chi connectivity index (χ4v) is 5.20. The van der Waals surface area contributed by atoms with E-state index in [4.69, 9.17) is 4.74 Å². The summed E-state index contributed by atoms with van der Waals surface area (Å²) in [6.45, 7) is 6.95. The summed E-state index contributed by atoms with van der Waals surface area (Å²) in [4.78, 5) is 30.7. The lowest BCUT2D eigenvalue weighted by molar-refractivity contribution is -0.127. The maximum atomic E-state index is 13.4. The SMILES string of the molecule is CCN(c1scc(C(=O)NCC2C(=O)N=C(C)C=C2C(F)(F)F)c1C)C1CCOCC1. The van der Waals surface area contributed by atoms with E-state index in [1.807, 2.05) is 6.92 Å². The minimum absolute atomic E-state index is 0.00555. The molecule has 170 valence electrons. The highest BCUT2D eigenvalue weighted by Crippen LogP contribution is 2.35. The first-order valence-corrected chi connectivity index (χ1v) is 11.1. The molecule has 0 radical (unpaired) electrons. The number of nitrogens with one attached hydrogen (secondary N) is 1. The van der Waals surface area contributed by atoms with E-state index >= 15 is 0 Å². The van der Waals surface area contributed by atoms with Gasteiger partial charge in [0.15, 0.2) is 0 Å². The van der Waals surface area contributed by atoms with E-state index in [2.05, 4.69) is 22.1 Å². The Bertz CT molecular complexity index is 901. The summed E-state index contributed by atoms with van der Waals surface area (Å²) in [6.07, 6.45) is -2.00. The third-order valence-corrected chi connectivity index (χ3v) is 6.73. The van der Waals surface area contributed by atoms with Crippen molar-refractivity contribution in [2.75, 3.05) is 31.2 Å². The highest BCUT2D eigenvalue weighted by molar-refractivity contribution is 7.14. The van der Waals surface area contributed by atoms with Gasteiger partial charge in [0.05, 0.1) is 16.5 Å². The van der Waals surface area contributed by atoms with Gasteiger partial charge in [-0.15, -0.1) is 11.3 Å². The minimum Gasteiger partial charge on any atom is -0.381 e. The Hall–Kier alpha value is -2.20. The molecule has 6 nitrogen and oxygen atoms in total. The molecule has 0 spiro atoms. The van der Waals surface area contributed by atoms with Gasteiger partial charge in [-0.05, 0) is 45.3 Å². The van der Waals surface area contributed by atoms with E-state index in [9.17, 15) is 22.8 Å². The second kappa shape index (κ2) is 9.52. The number of thiophene rings is 1. The number of carbonyl (C=O) groups excluding carboxylic acids is 2. The Morgan fingerprint density at radius 3 is 2.61 bits per heavy atom. The molecule has 1 aromatic heterocycles. The molecule has 10 heteroatoms. The predicted octanol–water partition coefficient (Wildman–Crippen LogP) is 3.90. The molecule has 1 unspecified atom stereocenters. The number of amides is 2. The third-order valence-electron chi connectivity index (χ3n) is 5.61. The molecule has 0 bridgehead atoms. The summed E-state index contributed by atoms with van der Waals surface area (Å²) in [5, 5.41) is 5.20. The lowest BCUT2D eigenvalue weighted by Crippen LogP contribution is -2.40. The van der Waals surface area contributed by atoms with Crippen LogP contribution >= 0.6 is 11.3 Å². The summed E-state index contributed by atoms with van der Waals surface area (Å²) in [7, 11) is 0. The van der Waals surface area contributed by atoms with Crippen LogP contribution in [0.1, 0.15) is 42.6 Å². The van der Waals surface area contributed by atoms with Gasteiger partial charge >= 0.3 is 6.18 Å². The third kappa shape index (κ3) is 5.17. The monoisotopic (exact) mass is 457 g/mol. The van der Waals surface area contributed by atoms with E-state index < -0.39 is 36.0 Å². The van der Waals surface area contributed by atoms with Gasteiger partial charge in [0.2, 0.25) is 0 Å². The van der Waals surface area contributed by atoms with Crippen LogP contribution in [0, 0.1) is 12.8 Å². The van der Waals surface area contributed by atoms with Crippen molar-refractivity contribution in [3.05, 3.63) is 28.2 Å². The second-order valence-corrected chi connectivity index (χ2v) is 8.52. The van der Waals surface area contributed by atoms with Crippen LogP contribution in [0.5, 0.6) is 0 Å². The highest BCUT2D eigenvalue weighted by atomic mass is 32.1. The van der Waals surface area contributed by atoms with E-state index in [1.54, 1.807) is 5.38 Å². The number of nitrogens with zero attached hydrogens (tertiary/aromatic N) is 2. The molecule has 2 aliphatic rings. The Kier molecular flexibility index (Phi) is 7.20. The lowest BCUT2D eigenvalue weighted by Gasteiger charge is -2.34. The smallest absolute Gasteiger partial charge is 0.381 e. The van der Waals surface area contributed by atoms with Crippen LogP contribution in [-0.2, 0) is 9.53 Å². The molecule has 0 saturated carbocycles. The Balaban J connectivity index is 1.73. The normalized spacial score (nSPS) is 20.3. The van der Waals surface area contributed by atoms with Crippen molar-refractivity contribution >= 4 is 33.9 Å². The largest absolute Gasteiger partial charge is 0.413 e. The molecule has 1 fully saturated rings. The van der Waals surface area contributed by atoms with Crippen molar-refractivity contribution in [1.29, 1.82) is 0 Å². The fourth-order valence-electron chi connectivity index (χ4n) is 3.99. The topological polar surface area (TPSA) is 71.0 Å². The molecular formula is C21H26F3N3O3S. The number of halogens is 3. The summed E-state index contributed by atoms with van der Waals surface area (Å²) < 4.78 is 45.5. The zero-order valence-corrected chi connectivity index (χ0v) is 18.5. The number of aliphatic imine (C=N–C) groups is 1. The van der Waals surface area contributed by atoms with Gasteiger partial charge in [-0.2, -0.15) is 13.2 Å². The van der Waals surface area contributed by atoms with Crippen LogP contribution in [0.15, 0.2) is 22.0 Å². The first kappa shape index (κ1) is 23.5. The van der Waals surface area contributed by atoms with Crippen molar-refractivity contribution in [2.45, 2.75) is 45.8 Å². The van der Waals surface area contributed by atoms with Gasteiger partial charge in [-0.25, -0.2) is 4.99 Å². The molecule has 2 amide bonds. The minimum atomic E-state index is -4.67. The van der Waals surface area contributed by atoms with Gasteiger partial charge in [0.25, 0.3) is 11.8 Å². The molecule has 3 rings (SSSR count). The first-order valence-electron chi connectivity index (χ1n) is 10.2. The van der Waals surface area contributed by atoms with E-state index in [0.29, 0.717) is 24.8 Å². The van der Waals surface area contributed by atoms with Crippen LogP contribution in [-0.4, -0.2) is 56.0 Å². The number of anilines is 1. The number of ether oxygens (including phenoxy) is 1. The predicted molar refractivity (Wildman–Crippen MR) is 114 cm³/mol. The lowest BCUT2D eigenvalue weighted by atomic mass is 9.93. The average Bonchev–Trinajstić information content (AvgIpc) is 3.09. The van der Waals surface area contributed by atoms with Crippen LogP contribution in [0.25, 0.3) is 0 Å². The van der Waals surface area contributed by atoms with Crippen LogP contribution in [0.4, 0.5) is 18.2 Å². The van der Waals surface area contributed by atoms with Crippen molar-refractivity contribution in [3.63, 3.8) is 0 Å². The zero-order chi connectivity index (χ0) is 22.8. The van der Waals surface area contributed by atoms with E-state index in [1.165, 1.54) is 18.3 Å². The number of allylic oxidation sites excluding steroid dienone is 1. The van der Waals surface area contributed by atoms with Crippen molar-refractivity contribution in [3.8, 4) is 0 Å². The van der Waals surface area contributed by atoms with Gasteiger partial charge in [-0.3, -0.25) is 9.59 Å². The number of alkyl halides is 3. The molecule has 2 aliphatic heterocycles. The number of carbonyl (C=O) groups is 2. The number of hydrogen-bond acceptors (Lipinski definition) is 5. The fraction of sp³-hybridized carbons (Fsp3) is 0.571. The van der Waals surface area contributed by atoms with E-state index in [0.717, 1.165) is 36.0 Å². The number of dihydropyridines is 1. The van der Waals surface area contributed by atoms with Gasteiger partial charge in [-0.1, -0.05) is 0 Å². The molecule has 0 aliphatic carbocycles. The van der Waals surface area contributed by atoms with Crippen LogP contribution < -0.4 is 10.2 Å². The molecule has 0 aromatic carbocycles. The Morgan fingerprint density at radius 1 is 1.32 bits per heavy atom. The summed E-state index contributed by atoms with van der Waals surface area (Å²) in [5.41, 5.74) is 0.216. The molecule has 1 aromatic rings. The second-order valence-electron chi connectivity index (χ2n) is 7.66. The van der Waals surface area contributed by atoms with Gasteiger partial charge in [0.1, 0.15) is 0 Å². The number of rotatable bonds is 6. The van der Waals surface area contributed by atoms with Crippen molar-refractivity contribution in [1.82, 2.24) is 5.32 Å². The standard InChI is InChI=1S/C21H26F3N3O3S/c1-4-27(14-5-7-30-8-6-14)20-13(3)16(11-31-20)18(28)25-10-15-17(21(22,23)24)9-12(2)26-19(15)29/h9,11,14-15H,4-8,10H2,1-3H3,(H,25,28). The summed E-state index contributed by atoms with van der Waals surface area (Å²) in [5.74, 6) is -2.93. The van der Waals surface area contributed by atoms with Gasteiger partial charge in [0, 0.05) is 49.0 Å². The van der Waals surface area contributed by atoms with Crippen LogP contribution in [0.3, 0.4) is 0 Å². The highest BCUT2D eigenvalue weighted by Gasteiger charge is 2.43.